The number of benzene rings is 1. The average Bonchev–Trinajstić information content (AvgIpc) is 2.73. The average molecular weight is 276 g/mol. The molecule has 0 atom stereocenters. The summed E-state index contributed by atoms with van der Waals surface area (Å²) in [5, 5.41) is 0. The zero-order valence-electron chi connectivity index (χ0n) is 11.6. The van der Waals surface area contributed by atoms with Gasteiger partial charge in [-0.3, -0.25) is 4.79 Å². The van der Waals surface area contributed by atoms with Gasteiger partial charge in [0.15, 0.2) is 0 Å². The quantitative estimate of drug-likeness (QED) is 0.804. The van der Waals surface area contributed by atoms with E-state index in [2.05, 4.69) is 11.9 Å². The van der Waals surface area contributed by atoms with Crippen LogP contribution in [0.4, 0.5) is 5.95 Å². The first kappa shape index (κ1) is 14.2. The molecule has 0 spiro atoms. The van der Waals surface area contributed by atoms with Gasteiger partial charge in [-0.15, -0.1) is 0 Å². The highest BCUT2D eigenvalue weighted by Crippen LogP contribution is 2.27. The molecule has 1 amide bonds. The fourth-order valence-electron chi connectivity index (χ4n) is 2.11. The second-order valence-corrected chi connectivity index (χ2v) is 4.66. The smallest absolute Gasteiger partial charge is 0.217 e. The Morgan fingerprint density at radius 1 is 1.45 bits per heavy atom. The predicted octanol–water partition coefficient (Wildman–Crippen LogP) is 1.67. The molecule has 0 unspecified atom stereocenters. The number of nitrogens with zero attached hydrogens (tertiary/aromatic N) is 2. The van der Waals surface area contributed by atoms with Gasteiger partial charge in [-0.2, -0.15) is 0 Å². The monoisotopic (exact) mass is 276 g/mol. The standard InChI is InChI=1S/C14H20N4O2/c1-2-9-20-11-6-3-5-10-13(11)17-14(16)18(10)8-4-7-12(15)19/h3,5-6H,2,4,7-9H2,1H3,(H2,15,19)(H2,16,17). The molecule has 0 saturated carbocycles. The third kappa shape index (κ3) is 3.01. The maximum absolute atomic E-state index is 10.8. The number of nitrogen functional groups attached to an aromatic ring is 1. The van der Waals surface area contributed by atoms with Crippen LogP contribution in [0.5, 0.6) is 5.75 Å². The summed E-state index contributed by atoms with van der Waals surface area (Å²) in [6.07, 6.45) is 1.92. The Hall–Kier alpha value is -2.24. The van der Waals surface area contributed by atoms with Crippen LogP contribution < -0.4 is 16.2 Å². The van der Waals surface area contributed by atoms with Gasteiger partial charge in [0.05, 0.1) is 12.1 Å². The zero-order chi connectivity index (χ0) is 14.5. The number of hydrogen-bond donors (Lipinski definition) is 2. The maximum atomic E-state index is 10.8. The number of anilines is 1. The Bertz CT molecular complexity index is 606. The Labute approximate surface area is 117 Å². The molecular formula is C14H20N4O2. The van der Waals surface area contributed by atoms with Crippen LogP contribution in [0.25, 0.3) is 11.0 Å². The molecule has 1 aromatic heterocycles. The van der Waals surface area contributed by atoms with E-state index in [4.69, 9.17) is 16.2 Å². The van der Waals surface area contributed by atoms with Crippen LogP contribution in [0, 0.1) is 0 Å². The van der Waals surface area contributed by atoms with Crippen LogP contribution in [0.3, 0.4) is 0 Å². The highest BCUT2D eigenvalue weighted by molar-refractivity contribution is 5.84. The fourth-order valence-corrected chi connectivity index (χ4v) is 2.11. The number of fused-ring (bicyclic) bond motifs is 1. The van der Waals surface area contributed by atoms with Crippen molar-refractivity contribution in [3.8, 4) is 5.75 Å². The summed E-state index contributed by atoms with van der Waals surface area (Å²) in [6, 6.07) is 5.75. The third-order valence-electron chi connectivity index (χ3n) is 3.04. The summed E-state index contributed by atoms with van der Waals surface area (Å²) in [7, 11) is 0. The Morgan fingerprint density at radius 2 is 2.25 bits per heavy atom. The highest BCUT2D eigenvalue weighted by atomic mass is 16.5. The molecular weight excluding hydrogens is 256 g/mol. The number of nitrogens with two attached hydrogens (primary N) is 2. The minimum atomic E-state index is -0.306. The molecule has 2 aromatic rings. The van der Waals surface area contributed by atoms with Gasteiger partial charge >= 0.3 is 0 Å². The molecule has 6 nitrogen and oxygen atoms in total. The molecule has 108 valence electrons. The molecule has 0 radical (unpaired) electrons. The van der Waals surface area contributed by atoms with Crippen molar-refractivity contribution in [2.24, 2.45) is 5.73 Å². The number of imidazole rings is 1. The van der Waals surface area contributed by atoms with Crippen molar-refractivity contribution in [2.75, 3.05) is 12.3 Å². The molecule has 0 aliphatic heterocycles. The van der Waals surface area contributed by atoms with Crippen LogP contribution in [-0.4, -0.2) is 22.1 Å². The molecule has 6 heteroatoms. The highest BCUT2D eigenvalue weighted by Gasteiger charge is 2.12. The van der Waals surface area contributed by atoms with Crippen LogP contribution in [0.15, 0.2) is 18.2 Å². The summed E-state index contributed by atoms with van der Waals surface area (Å²) in [5.41, 5.74) is 12.8. The lowest BCUT2D eigenvalue weighted by Crippen LogP contribution is -2.12. The third-order valence-corrected chi connectivity index (χ3v) is 3.04. The number of hydrogen-bond acceptors (Lipinski definition) is 4. The number of rotatable bonds is 7. The van der Waals surface area contributed by atoms with E-state index in [0.29, 0.717) is 31.9 Å². The van der Waals surface area contributed by atoms with Crippen molar-refractivity contribution < 1.29 is 9.53 Å². The molecule has 0 saturated heterocycles. The Balaban J connectivity index is 2.26. The van der Waals surface area contributed by atoms with E-state index in [1.807, 2.05) is 22.8 Å². The van der Waals surface area contributed by atoms with E-state index in [9.17, 15) is 4.79 Å². The first-order chi connectivity index (χ1) is 9.63. The van der Waals surface area contributed by atoms with E-state index in [1.54, 1.807) is 0 Å². The van der Waals surface area contributed by atoms with Gasteiger partial charge in [0.2, 0.25) is 11.9 Å². The second-order valence-electron chi connectivity index (χ2n) is 4.66. The van der Waals surface area contributed by atoms with Gasteiger partial charge in [0, 0.05) is 13.0 Å². The number of primary amides is 1. The van der Waals surface area contributed by atoms with Crippen molar-refractivity contribution in [2.45, 2.75) is 32.7 Å². The first-order valence-electron chi connectivity index (χ1n) is 6.79. The molecule has 0 aliphatic carbocycles. The molecule has 0 bridgehead atoms. The topological polar surface area (TPSA) is 96.2 Å². The van der Waals surface area contributed by atoms with Crippen molar-refractivity contribution in [1.82, 2.24) is 9.55 Å². The number of amides is 1. The van der Waals surface area contributed by atoms with Crippen LogP contribution in [-0.2, 0) is 11.3 Å². The number of ether oxygens (including phenoxy) is 1. The minimum absolute atomic E-state index is 0.306. The number of carbonyl (C=O) groups is 1. The van der Waals surface area contributed by atoms with Gasteiger partial charge in [0.1, 0.15) is 11.3 Å². The normalized spacial score (nSPS) is 10.8. The Kier molecular flexibility index (Phi) is 4.45. The van der Waals surface area contributed by atoms with E-state index in [-0.39, 0.29) is 5.91 Å². The summed E-state index contributed by atoms with van der Waals surface area (Å²) in [4.78, 5) is 15.2. The maximum Gasteiger partial charge on any atom is 0.217 e. The zero-order valence-corrected chi connectivity index (χ0v) is 11.6. The van der Waals surface area contributed by atoms with E-state index in [0.717, 1.165) is 23.2 Å². The molecule has 2 rings (SSSR count). The van der Waals surface area contributed by atoms with E-state index < -0.39 is 0 Å². The van der Waals surface area contributed by atoms with Gasteiger partial charge < -0.3 is 20.8 Å². The summed E-state index contributed by atoms with van der Waals surface area (Å²) < 4.78 is 7.56. The summed E-state index contributed by atoms with van der Waals surface area (Å²) >= 11 is 0. The number of carbonyl (C=O) groups excluding carboxylic acids is 1. The van der Waals surface area contributed by atoms with Crippen molar-refractivity contribution in [3.05, 3.63) is 18.2 Å². The second kappa shape index (κ2) is 6.27. The van der Waals surface area contributed by atoms with Gasteiger partial charge in [0.25, 0.3) is 0 Å². The van der Waals surface area contributed by atoms with E-state index >= 15 is 0 Å². The number of aryl methyl sites for hydroxylation is 1. The first-order valence-corrected chi connectivity index (χ1v) is 6.79. The van der Waals surface area contributed by atoms with Gasteiger partial charge in [-0.1, -0.05) is 13.0 Å². The van der Waals surface area contributed by atoms with Crippen molar-refractivity contribution >= 4 is 22.9 Å². The SMILES string of the molecule is CCCOc1cccc2c1nc(N)n2CCCC(N)=O. The summed E-state index contributed by atoms with van der Waals surface area (Å²) in [6.45, 7) is 3.31. The van der Waals surface area contributed by atoms with Crippen LogP contribution in [0.2, 0.25) is 0 Å². The van der Waals surface area contributed by atoms with Gasteiger partial charge in [-0.25, -0.2) is 4.98 Å². The summed E-state index contributed by atoms with van der Waals surface area (Å²) in [5.74, 6) is 0.863. The number of para-hydroxylation sites is 1. The predicted molar refractivity (Wildman–Crippen MR) is 78.4 cm³/mol. The molecule has 0 aliphatic rings. The molecule has 4 N–H and O–H groups in total. The van der Waals surface area contributed by atoms with E-state index in [1.165, 1.54) is 0 Å². The molecule has 20 heavy (non-hydrogen) atoms. The Morgan fingerprint density at radius 3 is 2.95 bits per heavy atom. The van der Waals surface area contributed by atoms with Crippen LogP contribution in [0.1, 0.15) is 26.2 Å². The van der Waals surface area contributed by atoms with Crippen molar-refractivity contribution in [3.63, 3.8) is 0 Å². The lowest BCUT2D eigenvalue weighted by Gasteiger charge is -2.07. The lowest BCUT2D eigenvalue weighted by atomic mass is 10.2. The minimum Gasteiger partial charge on any atom is -0.491 e. The van der Waals surface area contributed by atoms with Crippen molar-refractivity contribution in [1.29, 1.82) is 0 Å². The lowest BCUT2D eigenvalue weighted by molar-refractivity contribution is -0.118. The molecule has 0 fully saturated rings. The largest absolute Gasteiger partial charge is 0.491 e. The van der Waals surface area contributed by atoms with Gasteiger partial charge in [-0.05, 0) is 25.0 Å². The molecule has 1 aromatic carbocycles. The molecule has 1 heterocycles. The fraction of sp³-hybridized carbons (Fsp3) is 0.429. The number of aromatic nitrogens is 2. The van der Waals surface area contributed by atoms with Crippen LogP contribution >= 0.6 is 0 Å².